The summed E-state index contributed by atoms with van der Waals surface area (Å²) in [5.41, 5.74) is 0.787. The summed E-state index contributed by atoms with van der Waals surface area (Å²) >= 11 is 0. The van der Waals surface area contributed by atoms with Gasteiger partial charge in [-0.05, 0) is 24.7 Å². The third-order valence-corrected chi connectivity index (χ3v) is 5.77. The lowest BCUT2D eigenvalue weighted by atomic mass is 9.99. The van der Waals surface area contributed by atoms with E-state index in [-0.39, 0.29) is 6.61 Å². The van der Waals surface area contributed by atoms with Gasteiger partial charge in [-0.2, -0.15) is 0 Å². The van der Waals surface area contributed by atoms with Crippen molar-refractivity contribution in [3.63, 3.8) is 0 Å². The van der Waals surface area contributed by atoms with Gasteiger partial charge >= 0.3 is 0 Å². The minimum atomic E-state index is -1.55. The average Bonchev–Trinajstić information content (AvgIpc) is 2.94. The molecule has 0 bridgehead atoms. The van der Waals surface area contributed by atoms with Crippen LogP contribution in [-0.2, 0) is 9.47 Å². The van der Waals surface area contributed by atoms with Crippen LogP contribution in [0.3, 0.4) is 0 Å². The Hall–Kier alpha value is -1.34. The third-order valence-electron chi connectivity index (χ3n) is 5.77. The third kappa shape index (κ3) is 4.26. The van der Waals surface area contributed by atoms with Crippen molar-refractivity contribution in [1.82, 2.24) is 4.90 Å². The van der Waals surface area contributed by atoms with Crippen LogP contribution in [0.4, 0.5) is 0 Å². The lowest BCUT2D eigenvalue weighted by Crippen LogP contribution is -2.59. The SMILES string of the molecule is COc1ccc([C@@H]2[C@@H](O)[C@H](O)[C@@H](CO[C@@H]3O[C@H](CO)[C@@H](O)[C@H](O)[C@H]3O)N2C)cc1. The Morgan fingerprint density at radius 3 is 2.17 bits per heavy atom. The summed E-state index contributed by atoms with van der Waals surface area (Å²) in [6.07, 6.45) is -9.14. The van der Waals surface area contributed by atoms with Crippen LogP contribution >= 0.6 is 0 Å². The number of hydrogen-bond acceptors (Lipinski definition) is 10. The first-order chi connectivity index (χ1) is 13.8. The predicted octanol–water partition coefficient (Wildman–Crippen LogP) is -2.41. The van der Waals surface area contributed by atoms with Gasteiger partial charge in [-0.3, -0.25) is 4.90 Å². The Balaban J connectivity index is 1.67. The Kier molecular flexibility index (Phi) is 7.10. The molecule has 0 aliphatic carbocycles. The first-order valence-corrected chi connectivity index (χ1v) is 9.44. The van der Waals surface area contributed by atoms with Crippen LogP contribution in [0.1, 0.15) is 11.6 Å². The number of nitrogens with zero attached hydrogens (tertiary/aromatic N) is 1. The molecule has 0 radical (unpaired) electrons. The van der Waals surface area contributed by atoms with E-state index in [0.29, 0.717) is 5.75 Å². The zero-order valence-electron chi connectivity index (χ0n) is 16.3. The zero-order chi connectivity index (χ0) is 21.3. The molecule has 10 nitrogen and oxygen atoms in total. The van der Waals surface area contributed by atoms with E-state index in [0.717, 1.165) is 5.56 Å². The highest BCUT2D eigenvalue weighted by Gasteiger charge is 2.48. The maximum Gasteiger partial charge on any atom is 0.186 e. The number of aliphatic hydroxyl groups is 6. The van der Waals surface area contributed by atoms with Gasteiger partial charge in [0.2, 0.25) is 0 Å². The fourth-order valence-corrected chi connectivity index (χ4v) is 3.95. The molecule has 2 fully saturated rings. The van der Waals surface area contributed by atoms with Gasteiger partial charge in [0.15, 0.2) is 6.29 Å². The summed E-state index contributed by atoms with van der Waals surface area (Å²) < 4.78 is 16.0. The maximum atomic E-state index is 10.6. The first-order valence-electron chi connectivity index (χ1n) is 9.44. The summed E-state index contributed by atoms with van der Waals surface area (Å²) in [6.45, 7) is -0.681. The first kappa shape index (κ1) is 22.3. The molecule has 1 aromatic carbocycles. The van der Waals surface area contributed by atoms with Gasteiger partial charge in [0, 0.05) is 0 Å². The molecular formula is C19H29NO9. The number of likely N-dealkylation sites (tertiary alicyclic amines) is 1. The molecule has 164 valence electrons. The van der Waals surface area contributed by atoms with Crippen LogP contribution in [0.15, 0.2) is 24.3 Å². The van der Waals surface area contributed by atoms with Crippen LogP contribution in [0, 0.1) is 0 Å². The van der Waals surface area contributed by atoms with E-state index in [1.807, 2.05) is 0 Å². The molecule has 0 spiro atoms. The second-order valence-electron chi connectivity index (χ2n) is 7.46. The number of benzene rings is 1. The summed E-state index contributed by atoms with van der Waals surface area (Å²) in [5, 5.41) is 60.1. The van der Waals surface area contributed by atoms with Gasteiger partial charge < -0.3 is 44.8 Å². The molecule has 0 unspecified atom stereocenters. The minimum absolute atomic E-state index is 0.121. The fraction of sp³-hybridized carbons (Fsp3) is 0.684. The van der Waals surface area contributed by atoms with Crippen molar-refractivity contribution in [2.24, 2.45) is 0 Å². The molecule has 6 N–H and O–H groups in total. The van der Waals surface area contributed by atoms with Crippen LogP contribution in [-0.4, -0.2) is 112 Å². The van der Waals surface area contributed by atoms with Crippen molar-refractivity contribution in [2.75, 3.05) is 27.4 Å². The maximum absolute atomic E-state index is 10.6. The van der Waals surface area contributed by atoms with E-state index in [4.69, 9.17) is 14.2 Å². The highest BCUT2D eigenvalue weighted by molar-refractivity contribution is 5.31. The highest BCUT2D eigenvalue weighted by Crippen LogP contribution is 2.36. The van der Waals surface area contributed by atoms with Crippen molar-refractivity contribution in [3.8, 4) is 5.75 Å². The average molecular weight is 415 g/mol. The number of likely N-dealkylation sites (N-methyl/N-ethyl adjacent to an activating group) is 1. The molecule has 0 aromatic heterocycles. The molecule has 0 saturated carbocycles. The molecule has 1 aromatic rings. The second-order valence-corrected chi connectivity index (χ2v) is 7.46. The van der Waals surface area contributed by atoms with Gasteiger partial charge in [0.25, 0.3) is 0 Å². The quantitative estimate of drug-likeness (QED) is 0.296. The molecule has 2 aliphatic rings. The number of methoxy groups -OCH3 is 1. The molecule has 29 heavy (non-hydrogen) atoms. The number of aliphatic hydroxyl groups excluding tert-OH is 6. The summed E-state index contributed by atoms with van der Waals surface area (Å²) in [6, 6.07) is 6.02. The van der Waals surface area contributed by atoms with E-state index < -0.39 is 61.6 Å². The van der Waals surface area contributed by atoms with Gasteiger partial charge in [-0.15, -0.1) is 0 Å². The molecule has 2 aliphatic heterocycles. The van der Waals surface area contributed by atoms with E-state index in [2.05, 4.69) is 0 Å². The van der Waals surface area contributed by atoms with Crippen molar-refractivity contribution < 1.29 is 44.8 Å². The monoisotopic (exact) mass is 415 g/mol. The van der Waals surface area contributed by atoms with Crippen LogP contribution in [0.5, 0.6) is 5.75 Å². The molecule has 2 saturated heterocycles. The normalized spacial score (nSPS) is 40.9. The lowest BCUT2D eigenvalue weighted by Gasteiger charge is -2.40. The zero-order valence-corrected chi connectivity index (χ0v) is 16.3. The molecule has 3 rings (SSSR count). The minimum Gasteiger partial charge on any atom is -0.497 e. The Bertz CT molecular complexity index is 658. The molecule has 9 atom stereocenters. The highest BCUT2D eigenvalue weighted by atomic mass is 16.7. The Morgan fingerprint density at radius 1 is 0.931 bits per heavy atom. The van der Waals surface area contributed by atoms with Gasteiger partial charge in [0.1, 0.15) is 36.3 Å². The standard InChI is InChI=1S/C19H29NO9/c1-20-11(8-28-19-18(26)17(25)15(23)12(7-21)29-19)14(22)16(24)13(20)9-3-5-10(27-2)6-4-9/h3-6,11-19,21-26H,7-8H2,1-2H3/t11-,12-,13-,14-,15-,16-,17+,18-,19-/m1/s1. The molecular weight excluding hydrogens is 386 g/mol. The predicted molar refractivity (Wildman–Crippen MR) is 99.0 cm³/mol. The van der Waals surface area contributed by atoms with Gasteiger partial charge in [-0.1, -0.05) is 12.1 Å². The number of rotatable bonds is 6. The van der Waals surface area contributed by atoms with Crippen molar-refractivity contribution in [2.45, 2.75) is 55.0 Å². The summed E-state index contributed by atoms with van der Waals surface area (Å²) in [5.74, 6) is 0.673. The molecule has 0 amide bonds. The fourth-order valence-electron chi connectivity index (χ4n) is 3.95. The van der Waals surface area contributed by atoms with Gasteiger partial charge in [-0.25, -0.2) is 0 Å². The van der Waals surface area contributed by atoms with E-state index >= 15 is 0 Å². The lowest BCUT2D eigenvalue weighted by molar-refractivity contribution is -0.303. The van der Waals surface area contributed by atoms with Crippen molar-refractivity contribution >= 4 is 0 Å². The smallest absolute Gasteiger partial charge is 0.186 e. The number of hydrogen-bond donors (Lipinski definition) is 6. The number of ether oxygens (including phenoxy) is 3. The van der Waals surface area contributed by atoms with E-state index in [9.17, 15) is 30.6 Å². The molecule has 2 heterocycles. The second kappa shape index (κ2) is 9.21. The van der Waals surface area contributed by atoms with Crippen LogP contribution < -0.4 is 4.74 Å². The van der Waals surface area contributed by atoms with Crippen LogP contribution in [0.25, 0.3) is 0 Å². The molecule has 10 heteroatoms. The van der Waals surface area contributed by atoms with Gasteiger partial charge in [0.05, 0.1) is 38.5 Å². The topological polar surface area (TPSA) is 152 Å². The van der Waals surface area contributed by atoms with Crippen molar-refractivity contribution in [1.29, 1.82) is 0 Å². The summed E-state index contributed by atoms with van der Waals surface area (Å²) in [7, 11) is 3.29. The Labute approximate surface area is 168 Å². The van der Waals surface area contributed by atoms with E-state index in [1.54, 1.807) is 43.3 Å². The van der Waals surface area contributed by atoms with Crippen LogP contribution in [0.2, 0.25) is 0 Å². The Morgan fingerprint density at radius 2 is 1.59 bits per heavy atom. The van der Waals surface area contributed by atoms with Crippen molar-refractivity contribution in [3.05, 3.63) is 29.8 Å². The largest absolute Gasteiger partial charge is 0.497 e. The summed E-state index contributed by atoms with van der Waals surface area (Å²) in [4.78, 5) is 1.77. The van der Waals surface area contributed by atoms with E-state index in [1.165, 1.54) is 0 Å².